The molecule has 0 fully saturated rings. The molecule has 1 amide bonds. The van der Waals surface area contributed by atoms with Crippen molar-refractivity contribution < 1.29 is 9.53 Å². The number of hydrogen-bond acceptors (Lipinski definition) is 4. The molecule has 2 aromatic carbocycles. The van der Waals surface area contributed by atoms with Crippen molar-refractivity contribution in [2.75, 3.05) is 23.9 Å². The summed E-state index contributed by atoms with van der Waals surface area (Å²) in [6.45, 7) is 8.18. The maximum absolute atomic E-state index is 12.5. The summed E-state index contributed by atoms with van der Waals surface area (Å²) in [6, 6.07) is 14.2. The highest BCUT2D eigenvalue weighted by molar-refractivity contribution is 5.96. The van der Waals surface area contributed by atoms with Crippen molar-refractivity contribution >= 4 is 28.3 Å². The molecule has 1 aliphatic heterocycles. The molecular weight excluding hydrogens is 352 g/mol. The molecule has 2 heterocycles. The molecule has 0 saturated heterocycles. The monoisotopic (exact) mass is 378 g/mol. The van der Waals surface area contributed by atoms with Gasteiger partial charge in [0.15, 0.2) is 0 Å². The lowest BCUT2D eigenvalue weighted by atomic mass is 9.95. The number of ether oxygens (including phenoxy) is 1. The number of para-hydroxylation sites is 2. The van der Waals surface area contributed by atoms with Crippen LogP contribution >= 0.6 is 0 Å². The lowest BCUT2D eigenvalue weighted by Gasteiger charge is -2.30. The number of benzene rings is 2. The fraction of sp³-hybridized carbons (Fsp3) is 0.364. The van der Waals surface area contributed by atoms with Gasteiger partial charge >= 0.3 is 0 Å². The number of anilines is 2. The zero-order valence-electron chi connectivity index (χ0n) is 16.8. The summed E-state index contributed by atoms with van der Waals surface area (Å²) in [7, 11) is 1.62. The number of rotatable bonds is 3. The smallest absolute Gasteiger partial charge is 0.229 e. The molecule has 0 spiro atoms. The molecule has 1 N–H and O–H groups in total. The minimum Gasteiger partial charge on any atom is -0.495 e. The summed E-state index contributed by atoms with van der Waals surface area (Å²) >= 11 is 0. The Morgan fingerprint density at radius 3 is 2.68 bits per heavy atom. The van der Waals surface area contributed by atoms with E-state index in [1.165, 1.54) is 5.52 Å². The van der Waals surface area contributed by atoms with Gasteiger partial charge in [0.05, 0.1) is 30.4 Å². The largest absolute Gasteiger partial charge is 0.495 e. The zero-order chi connectivity index (χ0) is 19.9. The number of imidazole rings is 1. The number of amides is 1. The van der Waals surface area contributed by atoms with E-state index >= 15 is 0 Å². The molecule has 146 valence electrons. The number of fused-ring (bicyclic) bond motifs is 3. The van der Waals surface area contributed by atoms with E-state index in [0.29, 0.717) is 11.4 Å². The first-order valence-electron chi connectivity index (χ1n) is 9.55. The van der Waals surface area contributed by atoms with Crippen LogP contribution in [-0.4, -0.2) is 29.1 Å². The van der Waals surface area contributed by atoms with Gasteiger partial charge in [-0.05, 0) is 30.3 Å². The quantitative estimate of drug-likeness (QED) is 0.747. The highest BCUT2D eigenvalue weighted by Gasteiger charge is 2.24. The van der Waals surface area contributed by atoms with Crippen molar-refractivity contribution in [1.82, 2.24) is 9.55 Å². The number of aromatic nitrogens is 2. The van der Waals surface area contributed by atoms with Gasteiger partial charge in [-0.15, -0.1) is 0 Å². The number of hydrogen-bond donors (Lipinski definition) is 1. The predicted octanol–water partition coefficient (Wildman–Crippen LogP) is 4.05. The summed E-state index contributed by atoms with van der Waals surface area (Å²) in [5, 5.41) is 3.01. The molecule has 0 atom stereocenters. The molecule has 4 rings (SSSR count). The molecule has 28 heavy (non-hydrogen) atoms. The van der Waals surface area contributed by atoms with Gasteiger partial charge in [-0.3, -0.25) is 4.79 Å². The van der Waals surface area contributed by atoms with Crippen molar-refractivity contribution in [2.45, 2.75) is 33.9 Å². The van der Waals surface area contributed by atoms with Crippen molar-refractivity contribution in [3.05, 3.63) is 48.3 Å². The second-order valence-corrected chi connectivity index (χ2v) is 8.18. The van der Waals surface area contributed by atoms with Gasteiger partial charge in [-0.2, -0.15) is 0 Å². The average molecular weight is 378 g/mol. The molecule has 0 saturated carbocycles. The Morgan fingerprint density at radius 2 is 1.93 bits per heavy atom. The Kier molecular flexibility index (Phi) is 4.49. The number of methoxy groups -OCH3 is 1. The van der Waals surface area contributed by atoms with Gasteiger partial charge in [0.2, 0.25) is 5.91 Å². The maximum Gasteiger partial charge on any atom is 0.229 e. The van der Waals surface area contributed by atoms with Gasteiger partial charge in [-0.1, -0.05) is 32.9 Å². The number of nitrogens with zero attached hydrogens (tertiary/aromatic N) is 3. The van der Waals surface area contributed by atoms with E-state index in [1.807, 2.05) is 45.0 Å². The topological polar surface area (TPSA) is 59.4 Å². The van der Waals surface area contributed by atoms with Crippen LogP contribution in [0, 0.1) is 5.41 Å². The number of carbonyl (C=O) groups is 1. The summed E-state index contributed by atoms with van der Waals surface area (Å²) in [6.07, 6.45) is 0. The van der Waals surface area contributed by atoms with Gasteiger partial charge < -0.3 is 19.5 Å². The van der Waals surface area contributed by atoms with Gasteiger partial charge in [0.25, 0.3) is 0 Å². The molecule has 0 aliphatic carbocycles. The van der Waals surface area contributed by atoms with Crippen molar-refractivity contribution in [1.29, 1.82) is 0 Å². The van der Waals surface area contributed by atoms with Crippen molar-refractivity contribution in [3.63, 3.8) is 0 Å². The predicted molar refractivity (Wildman–Crippen MR) is 112 cm³/mol. The zero-order valence-corrected chi connectivity index (χ0v) is 16.8. The highest BCUT2D eigenvalue weighted by atomic mass is 16.5. The Morgan fingerprint density at radius 1 is 1.14 bits per heavy atom. The van der Waals surface area contributed by atoms with Crippen LogP contribution in [0.2, 0.25) is 0 Å². The van der Waals surface area contributed by atoms with Crippen LogP contribution in [0.25, 0.3) is 11.0 Å². The summed E-state index contributed by atoms with van der Waals surface area (Å²) < 4.78 is 7.74. The average Bonchev–Trinajstić information content (AvgIpc) is 3.05. The second-order valence-electron chi connectivity index (χ2n) is 8.18. The van der Waals surface area contributed by atoms with Crippen LogP contribution < -0.4 is 15.0 Å². The first-order chi connectivity index (χ1) is 13.4. The van der Waals surface area contributed by atoms with E-state index in [4.69, 9.17) is 9.72 Å². The van der Waals surface area contributed by atoms with Crippen LogP contribution in [0.5, 0.6) is 5.75 Å². The molecule has 1 aliphatic rings. The van der Waals surface area contributed by atoms with Crippen LogP contribution in [0.1, 0.15) is 26.6 Å². The summed E-state index contributed by atoms with van der Waals surface area (Å²) in [4.78, 5) is 19.5. The third-order valence-electron chi connectivity index (χ3n) is 5.14. The fourth-order valence-corrected chi connectivity index (χ4v) is 3.49. The number of carbonyl (C=O) groups excluding carboxylic acids is 1. The Balaban J connectivity index is 1.63. The third-order valence-corrected chi connectivity index (χ3v) is 5.14. The molecule has 0 unspecified atom stereocenters. The van der Waals surface area contributed by atoms with Crippen LogP contribution in [-0.2, 0) is 17.9 Å². The third kappa shape index (κ3) is 3.30. The molecule has 3 aromatic rings. The van der Waals surface area contributed by atoms with Gasteiger partial charge in [0.1, 0.15) is 11.6 Å². The Hall–Kier alpha value is -3.02. The van der Waals surface area contributed by atoms with E-state index in [-0.39, 0.29) is 5.91 Å². The first kappa shape index (κ1) is 18.3. The van der Waals surface area contributed by atoms with E-state index < -0.39 is 5.41 Å². The van der Waals surface area contributed by atoms with Crippen molar-refractivity contribution in [3.8, 4) is 5.75 Å². The first-order valence-corrected chi connectivity index (χ1v) is 9.55. The van der Waals surface area contributed by atoms with Crippen LogP contribution in [0.15, 0.2) is 42.5 Å². The van der Waals surface area contributed by atoms with Crippen LogP contribution in [0.3, 0.4) is 0 Å². The minimum atomic E-state index is -0.475. The standard InChI is InChI=1S/C22H26N4O2/c1-22(2,3)21(27)24-17-13-15(9-10-19(17)28-4)25-11-12-26-18-8-6-5-7-16(18)23-20(26)14-25/h5-10,13H,11-12,14H2,1-4H3,(H,24,27). The summed E-state index contributed by atoms with van der Waals surface area (Å²) in [5.41, 5.74) is 3.48. The lowest BCUT2D eigenvalue weighted by molar-refractivity contribution is -0.123. The molecule has 0 bridgehead atoms. The normalized spacial score (nSPS) is 14.1. The van der Waals surface area contributed by atoms with Crippen molar-refractivity contribution in [2.24, 2.45) is 5.41 Å². The molecule has 1 aromatic heterocycles. The number of nitrogens with one attached hydrogen (secondary N) is 1. The van der Waals surface area contributed by atoms with E-state index in [2.05, 4.69) is 33.0 Å². The molecule has 0 radical (unpaired) electrons. The lowest BCUT2D eigenvalue weighted by Crippen LogP contribution is -2.34. The maximum atomic E-state index is 12.5. The highest BCUT2D eigenvalue weighted by Crippen LogP contribution is 2.33. The van der Waals surface area contributed by atoms with E-state index in [0.717, 1.165) is 36.7 Å². The SMILES string of the molecule is COc1ccc(N2CCn3c(nc4ccccc43)C2)cc1NC(=O)C(C)(C)C. The Labute approximate surface area is 165 Å². The van der Waals surface area contributed by atoms with Gasteiger partial charge in [-0.25, -0.2) is 4.98 Å². The molecule has 6 nitrogen and oxygen atoms in total. The van der Waals surface area contributed by atoms with E-state index in [9.17, 15) is 4.79 Å². The summed E-state index contributed by atoms with van der Waals surface area (Å²) in [5.74, 6) is 1.68. The minimum absolute atomic E-state index is 0.0385. The van der Waals surface area contributed by atoms with E-state index in [1.54, 1.807) is 7.11 Å². The Bertz CT molecular complexity index is 1030. The fourth-order valence-electron chi connectivity index (χ4n) is 3.49. The molecule has 6 heteroatoms. The molecular formula is C22H26N4O2. The van der Waals surface area contributed by atoms with Gasteiger partial charge in [0, 0.05) is 24.2 Å². The van der Waals surface area contributed by atoms with Crippen LogP contribution in [0.4, 0.5) is 11.4 Å². The second kappa shape index (κ2) is 6.86.